The van der Waals surface area contributed by atoms with Crippen LogP contribution < -0.4 is 0 Å². The van der Waals surface area contributed by atoms with E-state index in [9.17, 15) is 0 Å². The first-order valence-electron chi connectivity index (χ1n) is 13.0. The van der Waals surface area contributed by atoms with E-state index in [4.69, 9.17) is 4.98 Å². The van der Waals surface area contributed by atoms with Crippen molar-refractivity contribution in [2.24, 2.45) is 0 Å². The predicted molar refractivity (Wildman–Crippen MR) is 149 cm³/mol. The van der Waals surface area contributed by atoms with Gasteiger partial charge < -0.3 is 0 Å². The molecular weight excluding hydrogens is 424 g/mol. The van der Waals surface area contributed by atoms with Crippen LogP contribution in [0.15, 0.2) is 97.2 Å². The molecule has 0 unspecified atom stereocenters. The number of pyridine rings is 1. The predicted octanol–water partition coefficient (Wildman–Crippen LogP) is 9.04. The van der Waals surface area contributed by atoms with Crippen molar-refractivity contribution in [2.75, 3.05) is 0 Å². The van der Waals surface area contributed by atoms with Crippen LogP contribution in [-0.4, -0.2) is 9.55 Å². The Morgan fingerprint density at radius 1 is 0.629 bits per heavy atom. The van der Waals surface area contributed by atoms with Gasteiger partial charge in [0.25, 0.3) is 0 Å². The van der Waals surface area contributed by atoms with Gasteiger partial charge in [-0.05, 0) is 66.1 Å². The molecule has 2 nitrogen and oxygen atoms in total. The molecule has 0 radical (unpaired) electrons. The Morgan fingerprint density at radius 3 is 1.83 bits per heavy atom. The molecule has 0 aliphatic rings. The van der Waals surface area contributed by atoms with Gasteiger partial charge in [0.2, 0.25) is 0 Å². The van der Waals surface area contributed by atoms with E-state index in [1.807, 2.05) is 12.3 Å². The molecule has 0 bridgehead atoms. The number of aryl methyl sites for hydroxylation is 2. The molecule has 2 heterocycles. The molecule has 0 atom stereocenters. The van der Waals surface area contributed by atoms with Crippen molar-refractivity contribution in [3.63, 3.8) is 0 Å². The molecule has 176 valence electrons. The van der Waals surface area contributed by atoms with E-state index in [-0.39, 0.29) is 0 Å². The number of hydrogen-bond acceptors (Lipinski definition) is 1. The summed E-state index contributed by atoms with van der Waals surface area (Å²) in [6.07, 6.45) is 9.04. The molecule has 0 spiro atoms. The molecule has 0 fully saturated rings. The van der Waals surface area contributed by atoms with Crippen LogP contribution in [0.25, 0.3) is 39.1 Å². The molecule has 35 heavy (non-hydrogen) atoms. The Labute approximate surface area is 209 Å². The first-order valence-corrected chi connectivity index (χ1v) is 13.0. The van der Waals surface area contributed by atoms with Crippen molar-refractivity contribution in [2.45, 2.75) is 52.4 Å². The zero-order valence-electron chi connectivity index (χ0n) is 20.9. The van der Waals surface area contributed by atoms with Crippen LogP contribution in [0, 0.1) is 0 Å². The number of nitrogens with zero attached hydrogens (tertiary/aromatic N) is 2. The molecule has 0 N–H and O–H groups in total. The average Bonchev–Trinajstić information content (AvgIpc) is 3.27. The Kier molecular flexibility index (Phi) is 7.09. The summed E-state index contributed by atoms with van der Waals surface area (Å²) in [5.41, 5.74) is 8.94. The molecule has 0 saturated heterocycles. The molecular formula is C33H34N2. The number of para-hydroxylation sites is 1. The molecule has 0 aliphatic heterocycles. The van der Waals surface area contributed by atoms with Gasteiger partial charge in [-0.15, -0.1) is 0 Å². The molecule has 0 saturated carbocycles. The van der Waals surface area contributed by atoms with E-state index in [0.29, 0.717) is 0 Å². The van der Waals surface area contributed by atoms with Gasteiger partial charge in [-0.1, -0.05) is 99.5 Å². The lowest BCUT2D eigenvalue weighted by Gasteiger charge is -2.13. The summed E-state index contributed by atoms with van der Waals surface area (Å²) in [6.45, 7) is 4.50. The van der Waals surface area contributed by atoms with Crippen LogP contribution >= 0.6 is 0 Å². The Hall–Kier alpha value is -3.65. The van der Waals surface area contributed by atoms with Crippen molar-refractivity contribution in [1.82, 2.24) is 9.55 Å². The molecule has 2 aromatic heterocycles. The van der Waals surface area contributed by atoms with E-state index in [1.54, 1.807) is 0 Å². The summed E-state index contributed by atoms with van der Waals surface area (Å²) < 4.78 is 2.33. The second kappa shape index (κ2) is 10.7. The minimum absolute atomic E-state index is 0.944. The van der Waals surface area contributed by atoms with Crippen LogP contribution in [0.3, 0.4) is 0 Å². The summed E-state index contributed by atoms with van der Waals surface area (Å²) in [4.78, 5) is 4.76. The van der Waals surface area contributed by atoms with Crippen molar-refractivity contribution in [1.29, 1.82) is 0 Å². The highest BCUT2D eigenvalue weighted by molar-refractivity contribution is 6.05. The second-order valence-corrected chi connectivity index (χ2v) is 9.37. The number of rotatable bonds is 9. The summed E-state index contributed by atoms with van der Waals surface area (Å²) in [5, 5.41) is 1.25. The highest BCUT2D eigenvalue weighted by atomic mass is 15.1. The Morgan fingerprint density at radius 2 is 1.23 bits per heavy atom. The number of aromatic nitrogens is 2. The van der Waals surface area contributed by atoms with Gasteiger partial charge in [0.1, 0.15) is 5.82 Å². The SMILES string of the molecule is CCCCc1ccc(-c2c(-c3ccc(CCCC)cc3)n(-c3ccccn3)c3ccccc23)cc1. The normalized spacial score (nSPS) is 11.3. The average molecular weight is 459 g/mol. The fraction of sp³-hybridized carbons (Fsp3) is 0.242. The maximum absolute atomic E-state index is 4.76. The minimum atomic E-state index is 0.944. The maximum atomic E-state index is 4.76. The van der Waals surface area contributed by atoms with Crippen molar-refractivity contribution in [3.8, 4) is 28.2 Å². The third kappa shape index (κ3) is 4.79. The number of hydrogen-bond donors (Lipinski definition) is 0. The van der Waals surface area contributed by atoms with Gasteiger partial charge in [0.15, 0.2) is 0 Å². The van der Waals surface area contributed by atoms with Gasteiger partial charge in [-0.25, -0.2) is 4.98 Å². The fourth-order valence-electron chi connectivity index (χ4n) is 4.96. The van der Waals surface area contributed by atoms with E-state index < -0.39 is 0 Å². The lowest BCUT2D eigenvalue weighted by Crippen LogP contribution is -2.00. The van der Waals surface area contributed by atoms with Crippen LogP contribution in [0.5, 0.6) is 0 Å². The highest BCUT2D eigenvalue weighted by Gasteiger charge is 2.21. The van der Waals surface area contributed by atoms with Gasteiger partial charge in [0, 0.05) is 17.1 Å². The third-order valence-electron chi connectivity index (χ3n) is 6.86. The topological polar surface area (TPSA) is 17.8 Å². The van der Waals surface area contributed by atoms with Gasteiger partial charge in [-0.2, -0.15) is 0 Å². The molecule has 3 aromatic carbocycles. The zero-order chi connectivity index (χ0) is 24.0. The highest BCUT2D eigenvalue weighted by Crippen LogP contribution is 2.42. The maximum Gasteiger partial charge on any atom is 0.137 e. The van der Waals surface area contributed by atoms with Gasteiger partial charge >= 0.3 is 0 Å². The number of unbranched alkanes of at least 4 members (excludes halogenated alkanes) is 2. The second-order valence-electron chi connectivity index (χ2n) is 9.37. The first kappa shape index (κ1) is 23.1. The van der Waals surface area contributed by atoms with Crippen LogP contribution in [0.4, 0.5) is 0 Å². The van der Waals surface area contributed by atoms with Crippen LogP contribution in [0.2, 0.25) is 0 Å². The third-order valence-corrected chi connectivity index (χ3v) is 6.86. The molecule has 5 aromatic rings. The van der Waals surface area contributed by atoms with E-state index in [0.717, 1.165) is 18.7 Å². The van der Waals surface area contributed by atoms with E-state index in [2.05, 4.69) is 103 Å². The van der Waals surface area contributed by atoms with Crippen molar-refractivity contribution in [3.05, 3.63) is 108 Å². The number of benzene rings is 3. The molecule has 0 amide bonds. The Balaban J connectivity index is 1.73. The van der Waals surface area contributed by atoms with E-state index >= 15 is 0 Å². The first-order chi connectivity index (χ1) is 17.3. The van der Waals surface area contributed by atoms with Crippen LogP contribution in [-0.2, 0) is 12.8 Å². The number of fused-ring (bicyclic) bond motifs is 1. The standard InChI is InChI=1S/C33H34N2/c1-3-5-11-25-16-20-27(21-17-25)32-29-13-7-8-14-30(29)35(31-15-9-10-24-34-31)33(32)28-22-18-26(19-23-28)12-6-4-2/h7-10,13-24H,3-6,11-12H2,1-2H3. The van der Waals surface area contributed by atoms with Gasteiger partial charge in [-0.3, -0.25) is 4.57 Å². The quantitative estimate of drug-likeness (QED) is 0.215. The minimum Gasteiger partial charge on any atom is -0.293 e. The fourth-order valence-corrected chi connectivity index (χ4v) is 4.96. The largest absolute Gasteiger partial charge is 0.293 e. The monoisotopic (exact) mass is 458 g/mol. The Bertz CT molecular complexity index is 1380. The summed E-state index contributed by atoms with van der Waals surface area (Å²) >= 11 is 0. The molecule has 2 heteroatoms. The van der Waals surface area contributed by atoms with Gasteiger partial charge in [0.05, 0.1) is 11.2 Å². The smallest absolute Gasteiger partial charge is 0.137 e. The van der Waals surface area contributed by atoms with Crippen LogP contribution in [0.1, 0.15) is 50.7 Å². The van der Waals surface area contributed by atoms with E-state index in [1.165, 1.54) is 70.1 Å². The lowest BCUT2D eigenvalue weighted by atomic mass is 9.96. The summed E-state index contributed by atoms with van der Waals surface area (Å²) in [6, 6.07) is 33.2. The van der Waals surface area contributed by atoms with Crippen molar-refractivity contribution >= 4 is 10.9 Å². The summed E-state index contributed by atoms with van der Waals surface area (Å²) in [7, 11) is 0. The molecule has 5 rings (SSSR count). The lowest BCUT2D eigenvalue weighted by molar-refractivity contribution is 0.795. The molecule has 0 aliphatic carbocycles. The van der Waals surface area contributed by atoms with Crippen molar-refractivity contribution < 1.29 is 0 Å². The summed E-state index contributed by atoms with van der Waals surface area (Å²) in [5.74, 6) is 0.944. The zero-order valence-corrected chi connectivity index (χ0v) is 20.9.